The minimum absolute atomic E-state index is 0.0355. The van der Waals surface area contributed by atoms with Gasteiger partial charge in [0.2, 0.25) is 6.29 Å². The molecule has 11 fully saturated rings. The fourth-order valence-electron chi connectivity index (χ4n) is 20.2. The summed E-state index contributed by atoms with van der Waals surface area (Å²) < 4.78 is 83.0. The van der Waals surface area contributed by atoms with Gasteiger partial charge in [-0.25, -0.2) is 0 Å². The third kappa shape index (κ3) is 14.5. The largest absolute Gasteiger partial charge is 0.432 e. The predicted molar refractivity (Wildman–Crippen MR) is 347 cm³/mol. The maximum absolute atomic E-state index is 15.4. The third-order valence-electron chi connectivity index (χ3n) is 27.0. The Morgan fingerprint density at radius 3 is 1.66 bits per heavy atom. The topological polar surface area (TPSA) is 551 Å². The van der Waals surface area contributed by atoms with E-state index < -0.39 is 270 Å². The number of allylic oxidation sites excluding steroid dienone is 2. The smallest absolute Gasteiger partial charge is 0.315 e. The Hall–Kier alpha value is -2.11. The van der Waals surface area contributed by atoms with E-state index in [4.69, 9.17) is 66.3 Å². The second-order valence-electron chi connectivity index (χ2n) is 33.7. The van der Waals surface area contributed by atoms with Crippen molar-refractivity contribution in [1.82, 2.24) is 0 Å². The number of carbonyl (C=O) groups excluding carboxylic acids is 1. The molecule has 0 aromatic heterocycles. The highest BCUT2D eigenvalue weighted by Gasteiger charge is 2.71. The van der Waals surface area contributed by atoms with E-state index in [1.165, 1.54) is 13.8 Å². The van der Waals surface area contributed by atoms with Crippen LogP contribution in [0.5, 0.6) is 0 Å². The van der Waals surface area contributed by atoms with Crippen LogP contribution in [-0.2, 0) is 71.1 Å². The summed E-state index contributed by atoms with van der Waals surface area (Å²) in [6.45, 7) is 12.4. The van der Waals surface area contributed by atoms with E-state index >= 15 is 4.79 Å². The fourth-order valence-corrected chi connectivity index (χ4v) is 20.2. The average molecular weight is 1520 g/mol. The third-order valence-corrected chi connectivity index (χ3v) is 27.0. The molecule has 0 aromatic rings. The van der Waals surface area contributed by atoms with E-state index in [0.717, 1.165) is 5.57 Å². The molecule has 20 N–H and O–H groups in total. The normalized spacial score (nSPS) is 55.2. The van der Waals surface area contributed by atoms with Crippen molar-refractivity contribution in [3.63, 3.8) is 0 Å². The number of hydrogen-bond acceptors (Lipinski definition) is 35. The molecule has 7 aliphatic heterocycles. The molecule has 12 rings (SSSR count). The molecule has 0 aromatic carbocycles. The summed E-state index contributed by atoms with van der Waals surface area (Å²) in [6.07, 6.45) is -48.2. The molecule has 7 saturated heterocycles. The summed E-state index contributed by atoms with van der Waals surface area (Å²) in [5.74, 6) is -1.14. The molecule has 105 heavy (non-hydrogen) atoms. The Balaban J connectivity index is 0.711. The molecule has 5 aliphatic carbocycles. The summed E-state index contributed by atoms with van der Waals surface area (Å²) >= 11 is 0. The Morgan fingerprint density at radius 2 is 0.990 bits per heavy atom. The van der Waals surface area contributed by atoms with E-state index in [1.54, 1.807) is 0 Å². The van der Waals surface area contributed by atoms with Gasteiger partial charge in [-0.2, -0.15) is 0 Å². The summed E-state index contributed by atoms with van der Waals surface area (Å²) in [5, 5.41) is 219. The van der Waals surface area contributed by atoms with Gasteiger partial charge in [-0.1, -0.05) is 53.2 Å². The highest BCUT2D eigenvalue weighted by atomic mass is 16.8. The predicted octanol–water partition coefficient (Wildman–Crippen LogP) is -6.26. The molecule has 42 atom stereocenters. The van der Waals surface area contributed by atoms with Crippen molar-refractivity contribution < 1.29 is 173 Å². The van der Waals surface area contributed by atoms with Crippen molar-refractivity contribution >= 4 is 5.97 Å². The van der Waals surface area contributed by atoms with Gasteiger partial charge in [-0.15, -0.1) is 0 Å². The zero-order valence-electron chi connectivity index (χ0n) is 60.3. The number of fused-ring (bicyclic) bond motifs is 7. The molecular weight excluding hydrogens is 1400 g/mol. The number of hydrogen-bond donors (Lipinski definition) is 20. The number of ether oxygens (including phenoxy) is 14. The van der Waals surface area contributed by atoms with E-state index in [1.807, 2.05) is 6.92 Å². The maximum atomic E-state index is 15.4. The molecule has 0 bridgehead atoms. The fraction of sp³-hybridized carbons (Fsp3) is 0.957. The molecule has 35 nitrogen and oxygen atoms in total. The molecule has 0 amide bonds. The molecule has 0 radical (unpaired) electrons. The summed E-state index contributed by atoms with van der Waals surface area (Å²) in [4.78, 5) is 15.4. The van der Waals surface area contributed by atoms with Crippen LogP contribution in [0.1, 0.15) is 120 Å². The lowest BCUT2D eigenvalue weighted by Gasteiger charge is -2.71. The first-order valence-corrected chi connectivity index (χ1v) is 37.1. The van der Waals surface area contributed by atoms with Gasteiger partial charge in [0.1, 0.15) is 146 Å². The SMILES string of the molecule is C[C@@H]1O[C@@H](O[C@H]2[C@H](O)[C@@H](O)[C@H](OC[C@H]3O[C@@H](OC(=O)[C@]45CCC(C)(C)C[C@H]4C4=CC[C@@H]6[C@@]7(C)CC[C@H](O[C@@H]8OC[C@H](O)[C@H](O)[C@H]8O[C@@H]8O[C@@H](C)[C@H](O)[C@@H](O[C@@H]9OC[C@@H](O)[C@@H](O[C@@H]%10O[C@H](CO)[C@@H](O)[C@H](O)[C@H]%10O)[C@H]9O)[C@H]8O)[C@@](C)(CO)[C@@H]7CC[C@@]6(C)[C@]4(C)CC5)[C@H](O)[C@@H](O)[C@@H]3O)O[C@@H]2CO)[C@H](O)[C@H](O)[C@H]1O. The first-order valence-electron chi connectivity index (χ1n) is 37.1. The highest BCUT2D eigenvalue weighted by Crippen LogP contribution is 2.76. The van der Waals surface area contributed by atoms with Gasteiger partial charge < -0.3 is 168 Å². The minimum Gasteiger partial charge on any atom is -0.432 e. The maximum Gasteiger partial charge on any atom is 0.315 e. The van der Waals surface area contributed by atoms with Crippen molar-refractivity contribution in [1.29, 1.82) is 0 Å². The van der Waals surface area contributed by atoms with Crippen LogP contribution in [0.25, 0.3) is 0 Å². The van der Waals surface area contributed by atoms with Crippen LogP contribution in [-0.4, -0.2) is 357 Å². The van der Waals surface area contributed by atoms with Gasteiger partial charge in [0.25, 0.3) is 0 Å². The second-order valence-corrected chi connectivity index (χ2v) is 33.7. The molecule has 4 saturated carbocycles. The lowest BCUT2D eigenvalue weighted by atomic mass is 9.33. The number of rotatable bonds is 18. The van der Waals surface area contributed by atoms with Gasteiger partial charge in [0.05, 0.1) is 63.4 Å². The Kier molecular flexibility index (Phi) is 24.6. The van der Waals surface area contributed by atoms with Crippen LogP contribution in [0.2, 0.25) is 0 Å². The minimum atomic E-state index is -1.94. The number of aliphatic hydroxyl groups excluding tert-OH is 20. The molecule has 604 valence electrons. The van der Waals surface area contributed by atoms with E-state index in [0.29, 0.717) is 64.2 Å². The van der Waals surface area contributed by atoms with Crippen molar-refractivity contribution in [3.05, 3.63) is 11.6 Å². The molecule has 12 aliphatic rings. The number of aliphatic hydroxyl groups is 20. The summed E-state index contributed by atoms with van der Waals surface area (Å²) in [6, 6.07) is 0. The Morgan fingerprint density at radius 1 is 0.457 bits per heavy atom. The highest BCUT2D eigenvalue weighted by molar-refractivity contribution is 5.79. The van der Waals surface area contributed by atoms with Gasteiger partial charge >= 0.3 is 5.97 Å². The zero-order chi connectivity index (χ0) is 76.4. The quantitative estimate of drug-likeness (QED) is 0.0345. The van der Waals surface area contributed by atoms with Crippen LogP contribution in [0.4, 0.5) is 0 Å². The van der Waals surface area contributed by atoms with E-state index in [2.05, 4.69) is 40.7 Å². The van der Waals surface area contributed by atoms with Gasteiger partial charge in [-0.3, -0.25) is 4.79 Å². The molecule has 35 heteroatoms. The van der Waals surface area contributed by atoms with Crippen LogP contribution >= 0.6 is 0 Å². The van der Waals surface area contributed by atoms with E-state index in [-0.39, 0.29) is 35.2 Å². The molecule has 0 spiro atoms. The Bertz CT molecular complexity index is 2970. The first kappa shape index (κ1) is 82.4. The van der Waals surface area contributed by atoms with Crippen molar-refractivity contribution in [3.8, 4) is 0 Å². The number of carbonyl (C=O) groups is 1. The van der Waals surface area contributed by atoms with E-state index in [9.17, 15) is 102 Å². The van der Waals surface area contributed by atoms with Gasteiger partial charge in [-0.05, 0) is 117 Å². The second kappa shape index (κ2) is 31.3. The lowest BCUT2D eigenvalue weighted by molar-refractivity contribution is -0.385. The monoisotopic (exact) mass is 1510 g/mol. The van der Waals surface area contributed by atoms with Crippen molar-refractivity contribution in [2.75, 3.05) is 39.6 Å². The summed E-state index contributed by atoms with van der Waals surface area (Å²) in [5.41, 5.74) is -2.47. The molecular formula is C70H114O35. The zero-order valence-corrected chi connectivity index (χ0v) is 60.3. The molecule has 7 heterocycles. The van der Waals surface area contributed by atoms with Crippen LogP contribution in [0.15, 0.2) is 11.6 Å². The standard InChI is InChI=1S/C70H114O35/c1-26-38(76)43(81)47(85)59(95-26)102-54-33(21-72)98-57(50(88)46(54)84)94-24-34-42(80)45(83)49(87)61(99-34)105-64(91)70-17-15-65(3,4)19-29(70)28-9-10-36-66(5)13-12-37(67(6,25-73)35(66)11-14-69(36,8)68(28,7)16-18-70)100-63-56(40(78)30(74)22-93-63)104-62-52(90)55(39(77)27(2)96-62)103-58-51(89)53(31(75)23-92-58)101-60-48(86)44(82)41(79)32(20-71)97-60/h9,26-27,29-63,71-90H,10-25H2,1-8H3/t26-,27-,29-,30-,31+,32+,33+,34+,35+,36+,37-,38-,39-,40-,41+,42+,43+,44-,45-,46+,47+,48+,49+,50+,51+,52+,53+,54+,55+,56+,57+,58-,59-,60-,61-,62-,63-,66-,67-,68+,69+,70-/m0/s1. The van der Waals surface area contributed by atoms with Crippen LogP contribution in [0.3, 0.4) is 0 Å². The summed E-state index contributed by atoms with van der Waals surface area (Å²) in [7, 11) is 0. The van der Waals surface area contributed by atoms with Crippen molar-refractivity contribution in [2.45, 2.75) is 328 Å². The van der Waals surface area contributed by atoms with Gasteiger partial charge in [0.15, 0.2) is 37.7 Å². The lowest BCUT2D eigenvalue weighted by Crippen LogP contribution is -2.67. The first-order chi connectivity index (χ1) is 49.3. The van der Waals surface area contributed by atoms with Gasteiger partial charge in [0, 0.05) is 5.41 Å². The Labute approximate surface area is 607 Å². The molecule has 0 unspecified atom stereocenters. The van der Waals surface area contributed by atoms with Crippen molar-refractivity contribution in [2.24, 2.45) is 50.2 Å². The van der Waals surface area contributed by atoms with Crippen LogP contribution < -0.4 is 0 Å². The average Bonchev–Trinajstić information content (AvgIpc) is 0.674. The van der Waals surface area contributed by atoms with Crippen LogP contribution in [0, 0.1) is 50.2 Å². The number of esters is 1.